The molecular weight excluding hydrogens is 442 g/mol. The summed E-state index contributed by atoms with van der Waals surface area (Å²) < 4.78 is 7.23. The number of fused-ring (bicyclic) bond motifs is 1. The van der Waals surface area contributed by atoms with Crippen molar-refractivity contribution in [2.24, 2.45) is 0 Å². The molecule has 1 N–H and O–H groups in total. The van der Waals surface area contributed by atoms with Crippen molar-refractivity contribution >= 4 is 23.0 Å². The van der Waals surface area contributed by atoms with Crippen molar-refractivity contribution in [2.75, 3.05) is 13.1 Å². The molecule has 2 aromatic heterocycles. The molecule has 186 valence electrons. The Morgan fingerprint density at radius 1 is 1.11 bits per heavy atom. The Bertz CT molecular complexity index is 1220. The van der Waals surface area contributed by atoms with E-state index in [-0.39, 0.29) is 18.0 Å². The van der Waals surface area contributed by atoms with Gasteiger partial charge in [0.05, 0.1) is 22.8 Å². The van der Waals surface area contributed by atoms with Gasteiger partial charge in [0.15, 0.2) is 5.65 Å². The van der Waals surface area contributed by atoms with Crippen LogP contribution in [0.5, 0.6) is 0 Å². The van der Waals surface area contributed by atoms with Gasteiger partial charge < -0.3 is 15.0 Å². The van der Waals surface area contributed by atoms with Crippen molar-refractivity contribution in [1.82, 2.24) is 25.0 Å². The van der Waals surface area contributed by atoms with Crippen LogP contribution in [0, 0.1) is 6.92 Å². The second-order valence-electron chi connectivity index (χ2n) is 10.6. The number of aryl methyl sites for hydroxylation is 1. The molecule has 1 aliphatic rings. The maximum Gasteiger partial charge on any atom is 0.407 e. The number of pyridine rings is 1. The molecule has 0 saturated carbocycles. The summed E-state index contributed by atoms with van der Waals surface area (Å²) >= 11 is 0. The highest BCUT2D eigenvalue weighted by Crippen LogP contribution is 2.28. The van der Waals surface area contributed by atoms with Crippen molar-refractivity contribution in [1.29, 1.82) is 0 Å². The molecule has 4 rings (SSSR count). The molecule has 1 saturated heterocycles. The van der Waals surface area contributed by atoms with Crippen LogP contribution in [-0.2, 0) is 4.74 Å². The highest BCUT2D eigenvalue weighted by atomic mass is 16.6. The van der Waals surface area contributed by atoms with Crippen LogP contribution in [0.3, 0.4) is 0 Å². The number of nitrogens with zero attached hydrogens (tertiary/aromatic N) is 4. The number of likely N-dealkylation sites (tertiary alicyclic amines) is 1. The summed E-state index contributed by atoms with van der Waals surface area (Å²) in [6, 6.07) is 10.1. The molecule has 0 atom stereocenters. The number of aromatic nitrogens is 3. The average Bonchev–Trinajstić information content (AvgIpc) is 3.22. The monoisotopic (exact) mass is 477 g/mol. The fraction of sp³-hybridized carbons (Fsp3) is 0.481. The number of alkyl carbamates (subject to hydrolysis) is 1. The molecule has 0 spiro atoms. The van der Waals surface area contributed by atoms with Crippen LogP contribution in [-0.4, -0.2) is 56.4 Å². The number of amides is 2. The second kappa shape index (κ2) is 9.68. The normalized spacial score (nSPS) is 15.0. The number of carbonyl (C=O) groups excluding carboxylic acids is 2. The molecular formula is C27H35N5O3. The first-order valence-corrected chi connectivity index (χ1v) is 12.3. The van der Waals surface area contributed by atoms with E-state index in [0.717, 1.165) is 16.6 Å². The summed E-state index contributed by atoms with van der Waals surface area (Å²) in [5, 5.41) is 8.22. The largest absolute Gasteiger partial charge is 0.444 e. The van der Waals surface area contributed by atoms with Crippen LogP contribution >= 0.6 is 0 Å². The highest BCUT2D eigenvalue weighted by Gasteiger charge is 2.28. The van der Waals surface area contributed by atoms with Gasteiger partial charge in [-0.1, -0.05) is 29.8 Å². The molecule has 0 aliphatic carbocycles. The Labute approximate surface area is 206 Å². The van der Waals surface area contributed by atoms with E-state index in [2.05, 4.69) is 24.3 Å². The van der Waals surface area contributed by atoms with E-state index in [1.807, 2.05) is 67.6 Å². The number of ether oxygens (including phenoxy) is 1. The van der Waals surface area contributed by atoms with Crippen molar-refractivity contribution in [2.45, 2.75) is 72.1 Å². The van der Waals surface area contributed by atoms with E-state index in [0.29, 0.717) is 37.1 Å². The molecule has 1 fully saturated rings. The first-order chi connectivity index (χ1) is 16.5. The third-order valence-electron chi connectivity index (χ3n) is 6.14. The number of piperidine rings is 1. The van der Waals surface area contributed by atoms with Crippen molar-refractivity contribution in [3.05, 3.63) is 47.7 Å². The highest BCUT2D eigenvalue weighted by molar-refractivity contribution is 6.06. The Morgan fingerprint density at radius 3 is 2.37 bits per heavy atom. The lowest BCUT2D eigenvalue weighted by molar-refractivity contribution is 0.0474. The fourth-order valence-corrected chi connectivity index (χ4v) is 4.32. The van der Waals surface area contributed by atoms with Gasteiger partial charge in [-0.25, -0.2) is 14.5 Å². The van der Waals surface area contributed by atoms with E-state index in [1.165, 1.54) is 5.56 Å². The summed E-state index contributed by atoms with van der Waals surface area (Å²) in [7, 11) is 0. The zero-order chi connectivity index (χ0) is 25.3. The topological polar surface area (TPSA) is 89.4 Å². The van der Waals surface area contributed by atoms with Crippen LogP contribution in [0.15, 0.2) is 36.5 Å². The van der Waals surface area contributed by atoms with E-state index in [9.17, 15) is 9.59 Å². The van der Waals surface area contributed by atoms with Gasteiger partial charge in [0.1, 0.15) is 5.60 Å². The zero-order valence-electron chi connectivity index (χ0n) is 21.5. The van der Waals surface area contributed by atoms with Crippen molar-refractivity contribution < 1.29 is 14.3 Å². The van der Waals surface area contributed by atoms with Gasteiger partial charge in [-0.05, 0) is 60.5 Å². The van der Waals surface area contributed by atoms with Crippen molar-refractivity contribution in [3.63, 3.8) is 0 Å². The minimum atomic E-state index is -0.539. The predicted molar refractivity (Wildman–Crippen MR) is 136 cm³/mol. The van der Waals surface area contributed by atoms with Gasteiger partial charge in [-0.3, -0.25) is 4.79 Å². The Hall–Kier alpha value is -3.42. The van der Waals surface area contributed by atoms with Crippen LogP contribution in [0.4, 0.5) is 4.79 Å². The first-order valence-electron chi connectivity index (χ1n) is 12.3. The average molecular weight is 478 g/mol. The molecule has 3 heterocycles. The molecule has 8 nitrogen and oxygen atoms in total. The summed E-state index contributed by atoms with van der Waals surface area (Å²) in [6.45, 7) is 12.8. The third kappa shape index (κ3) is 5.63. The van der Waals surface area contributed by atoms with Gasteiger partial charge in [0, 0.05) is 30.7 Å². The minimum Gasteiger partial charge on any atom is -0.444 e. The van der Waals surface area contributed by atoms with E-state index >= 15 is 0 Å². The molecule has 0 bridgehead atoms. The summed E-state index contributed by atoms with van der Waals surface area (Å²) in [5.74, 6) is -0.0372. The van der Waals surface area contributed by atoms with Gasteiger partial charge in [0.2, 0.25) is 0 Å². The van der Waals surface area contributed by atoms with Crippen molar-refractivity contribution in [3.8, 4) is 11.3 Å². The maximum absolute atomic E-state index is 13.7. The van der Waals surface area contributed by atoms with E-state index in [1.54, 1.807) is 6.20 Å². The molecule has 2 amide bonds. The smallest absolute Gasteiger partial charge is 0.407 e. The minimum absolute atomic E-state index is 0.0156. The number of hydrogen-bond acceptors (Lipinski definition) is 5. The number of rotatable bonds is 4. The van der Waals surface area contributed by atoms with Crippen LogP contribution in [0.2, 0.25) is 0 Å². The van der Waals surface area contributed by atoms with Gasteiger partial charge in [-0.2, -0.15) is 5.10 Å². The van der Waals surface area contributed by atoms with Gasteiger partial charge in [0.25, 0.3) is 5.91 Å². The zero-order valence-corrected chi connectivity index (χ0v) is 21.5. The van der Waals surface area contributed by atoms with Crippen LogP contribution in [0.25, 0.3) is 22.3 Å². The molecule has 1 aromatic carbocycles. The van der Waals surface area contributed by atoms with E-state index in [4.69, 9.17) is 9.72 Å². The summed E-state index contributed by atoms with van der Waals surface area (Å²) in [5.41, 5.74) is 3.66. The molecule has 8 heteroatoms. The molecule has 0 unspecified atom stereocenters. The SMILES string of the molecule is Cc1ccc(-c2cc(C(=O)N3CCC(NC(=O)OC(C)(C)C)CC3)c3cnn(C(C)C)c3n2)cc1. The lowest BCUT2D eigenvalue weighted by Gasteiger charge is -2.33. The Morgan fingerprint density at radius 2 is 1.77 bits per heavy atom. The standard InChI is InChI=1S/C27H35N5O3/c1-17(2)32-24-22(16-28-32)21(15-23(30-24)19-9-7-18(3)8-10-19)25(33)31-13-11-20(12-14-31)29-26(34)35-27(4,5)6/h7-10,15-17,20H,11-14H2,1-6H3,(H,29,34). The first kappa shape index (κ1) is 24.7. The third-order valence-corrected chi connectivity index (χ3v) is 6.14. The van der Waals surface area contributed by atoms with Crippen LogP contribution in [0.1, 0.15) is 69.4 Å². The molecule has 0 radical (unpaired) electrons. The summed E-state index contributed by atoms with van der Waals surface area (Å²) in [4.78, 5) is 32.6. The predicted octanol–water partition coefficient (Wildman–Crippen LogP) is 5.12. The number of benzene rings is 1. The number of carbonyl (C=O) groups is 2. The molecule has 3 aromatic rings. The van der Waals surface area contributed by atoms with E-state index < -0.39 is 11.7 Å². The summed E-state index contributed by atoms with van der Waals surface area (Å²) in [6.07, 6.45) is 2.68. The maximum atomic E-state index is 13.7. The molecule has 35 heavy (non-hydrogen) atoms. The quantitative estimate of drug-likeness (QED) is 0.564. The second-order valence-corrected chi connectivity index (χ2v) is 10.6. The fourth-order valence-electron chi connectivity index (χ4n) is 4.32. The number of nitrogens with one attached hydrogen (secondary N) is 1. The molecule has 1 aliphatic heterocycles. The van der Waals surface area contributed by atoms with Gasteiger partial charge in [-0.15, -0.1) is 0 Å². The lowest BCUT2D eigenvalue weighted by atomic mass is 10.0. The lowest BCUT2D eigenvalue weighted by Crippen LogP contribution is -2.47. The number of hydrogen-bond donors (Lipinski definition) is 1. The van der Waals surface area contributed by atoms with Gasteiger partial charge >= 0.3 is 6.09 Å². The van der Waals surface area contributed by atoms with Crippen LogP contribution < -0.4 is 5.32 Å². The Kier molecular flexibility index (Phi) is 6.83. The Balaban J connectivity index is 1.58.